The van der Waals surface area contributed by atoms with Crippen LogP contribution in [-0.4, -0.2) is 29.6 Å². The topological polar surface area (TPSA) is 23.5 Å². The number of rotatable bonds is 7. The molecule has 2 atom stereocenters. The van der Waals surface area contributed by atoms with Gasteiger partial charge in [0.15, 0.2) is 0 Å². The third-order valence-electron chi connectivity index (χ3n) is 4.22. The Balaban J connectivity index is 2.82. The lowest BCUT2D eigenvalue weighted by molar-refractivity contribution is 0.106. The van der Waals surface area contributed by atoms with E-state index in [1.54, 1.807) is 0 Å². The number of nitrogens with zero attached hydrogens (tertiary/aromatic N) is 1. The fourth-order valence-corrected chi connectivity index (χ4v) is 2.96. The lowest BCUT2D eigenvalue weighted by atomic mass is 9.95. The van der Waals surface area contributed by atoms with E-state index in [9.17, 15) is 5.11 Å². The Labute approximate surface area is 124 Å². The molecule has 2 heteroatoms. The molecule has 2 unspecified atom stereocenters. The minimum absolute atomic E-state index is 0.389. The second-order valence-corrected chi connectivity index (χ2v) is 6.19. The highest BCUT2D eigenvalue weighted by Gasteiger charge is 2.17. The van der Waals surface area contributed by atoms with Crippen molar-refractivity contribution >= 4 is 0 Å². The number of likely N-dealkylation sites (N-methyl/N-ethyl adjacent to an activating group) is 1. The molecular formula is C18H31NO. The second-order valence-electron chi connectivity index (χ2n) is 6.19. The molecule has 0 heterocycles. The van der Waals surface area contributed by atoms with Crippen molar-refractivity contribution < 1.29 is 5.11 Å². The van der Waals surface area contributed by atoms with Gasteiger partial charge in [-0.05, 0) is 49.9 Å². The summed E-state index contributed by atoms with van der Waals surface area (Å²) in [6.07, 6.45) is 0.800. The van der Waals surface area contributed by atoms with E-state index < -0.39 is 0 Å². The van der Waals surface area contributed by atoms with Crippen LogP contribution in [0.25, 0.3) is 0 Å². The van der Waals surface area contributed by atoms with Gasteiger partial charge in [0.25, 0.3) is 0 Å². The van der Waals surface area contributed by atoms with Crippen molar-refractivity contribution in [1.82, 2.24) is 4.90 Å². The third-order valence-corrected chi connectivity index (χ3v) is 4.22. The van der Waals surface area contributed by atoms with Crippen LogP contribution in [0.15, 0.2) is 12.1 Å². The van der Waals surface area contributed by atoms with Gasteiger partial charge >= 0.3 is 0 Å². The molecule has 0 aliphatic heterocycles. The smallest absolute Gasteiger partial charge is 0.0922 e. The maximum absolute atomic E-state index is 10.6. The van der Waals surface area contributed by atoms with E-state index in [0.717, 1.165) is 25.2 Å². The van der Waals surface area contributed by atoms with Crippen LogP contribution in [0.4, 0.5) is 0 Å². The van der Waals surface area contributed by atoms with Gasteiger partial charge in [0, 0.05) is 13.1 Å². The monoisotopic (exact) mass is 277 g/mol. The van der Waals surface area contributed by atoms with E-state index in [2.05, 4.69) is 58.6 Å². The Morgan fingerprint density at radius 3 is 2.05 bits per heavy atom. The molecule has 0 saturated carbocycles. The van der Waals surface area contributed by atoms with Crippen LogP contribution in [-0.2, 0) is 0 Å². The van der Waals surface area contributed by atoms with Gasteiger partial charge in [0.05, 0.1) is 6.10 Å². The maximum atomic E-state index is 10.6. The minimum Gasteiger partial charge on any atom is -0.387 e. The van der Waals surface area contributed by atoms with Gasteiger partial charge < -0.3 is 10.0 Å². The van der Waals surface area contributed by atoms with Crippen molar-refractivity contribution in [3.63, 3.8) is 0 Å². The Morgan fingerprint density at radius 1 is 1.05 bits per heavy atom. The highest BCUT2D eigenvalue weighted by molar-refractivity contribution is 5.39. The number of aliphatic hydroxyl groups excluding tert-OH is 1. The highest BCUT2D eigenvalue weighted by Crippen LogP contribution is 2.24. The van der Waals surface area contributed by atoms with Crippen molar-refractivity contribution in [3.8, 4) is 0 Å². The summed E-state index contributed by atoms with van der Waals surface area (Å²) in [7, 11) is 0. The quantitative estimate of drug-likeness (QED) is 0.814. The van der Waals surface area contributed by atoms with Crippen molar-refractivity contribution in [2.24, 2.45) is 5.92 Å². The molecule has 20 heavy (non-hydrogen) atoms. The summed E-state index contributed by atoms with van der Waals surface area (Å²) in [5.74, 6) is 0.683. The largest absolute Gasteiger partial charge is 0.387 e. The van der Waals surface area contributed by atoms with Gasteiger partial charge in [-0.15, -0.1) is 0 Å². The molecule has 0 aromatic heterocycles. The molecule has 1 rings (SSSR count). The van der Waals surface area contributed by atoms with Crippen LogP contribution >= 0.6 is 0 Å². The van der Waals surface area contributed by atoms with Gasteiger partial charge in [-0.25, -0.2) is 0 Å². The zero-order valence-corrected chi connectivity index (χ0v) is 14.0. The first-order chi connectivity index (χ1) is 9.38. The molecular weight excluding hydrogens is 246 g/mol. The summed E-state index contributed by atoms with van der Waals surface area (Å²) in [4.78, 5) is 2.36. The van der Waals surface area contributed by atoms with Crippen LogP contribution in [0.1, 0.15) is 55.5 Å². The molecule has 0 radical (unpaired) electrons. The minimum atomic E-state index is -0.389. The number of aliphatic hydroxyl groups is 1. The summed E-state index contributed by atoms with van der Waals surface area (Å²) < 4.78 is 0. The van der Waals surface area contributed by atoms with E-state index in [0.29, 0.717) is 5.92 Å². The van der Waals surface area contributed by atoms with Crippen LogP contribution < -0.4 is 0 Å². The standard InChI is InChI=1S/C18H31NO/c1-7-13(3)11-19(8-2)12-17(20)18-15(5)9-14(4)10-16(18)6/h9-10,13,17,20H,7-8,11-12H2,1-6H3. The predicted octanol–water partition coefficient (Wildman–Crippen LogP) is 4.01. The first kappa shape index (κ1) is 17.2. The van der Waals surface area contributed by atoms with E-state index in [1.165, 1.54) is 23.1 Å². The Hall–Kier alpha value is -0.860. The molecule has 0 aliphatic rings. The van der Waals surface area contributed by atoms with Gasteiger partial charge in [-0.2, -0.15) is 0 Å². The Kier molecular flexibility index (Phi) is 6.70. The summed E-state index contributed by atoms with van der Waals surface area (Å²) in [6, 6.07) is 4.33. The summed E-state index contributed by atoms with van der Waals surface area (Å²) in [5, 5.41) is 10.6. The number of benzene rings is 1. The fraction of sp³-hybridized carbons (Fsp3) is 0.667. The van der Waals surface area contributed by atoms with E-state index >= 15 is 0 Å². The lowest BCUT2D eigenvalue weighted by Crippen LogP contribution is -2.32. The summed E-state index contributed by atoms with van der Waals surface area (Å²) in [5.41, 5.74) is 4.78. The highest BCUT2D eigenvalue weighted by atomic mass is 16.3. The first-order valence-electron chi connectivity index (χ1n) is 7.87. The molecule has 0 amide bonds. The van der Waals surface area contributed by atoms with E-state index in [4.69, 9.17) is 0 Å². The van der Waals surface area contributed by atoms with Gasteiger partial charge in [0.1, 0.15) is 0 Å². The maximum Gasteiger partial charge on any atom is 0.0922 e. The number of hydrogen-bond donors (Lipinski definition) is 1. The van der Waals surface area contributed by atoms with Gasteiger partial charge in [-0.1, -0.05) is 44.9 Å². The molecule has 0 bridgehead atoms. The molecule has 0 aliphatic carbocycles. The molecule has 0 fully saturated rings. The number of aryl methyl sites for hydroxylation is 3. The van der Waals surface area contributed by atoms with Crippen LogP contribution in [0.2, 0.25) is 0 Å². The Morgan fingerprint density at radius 2 is 1.60 bits per heavy atom. The van der Waals surface area contributed by atoms with Crippen molar-refractivity contribution in [2.45, 2.75) is 54.1 Å². The van der Waals surface area contributed by atoms with Gasteiger partial charge in [0.2, 0.25) is 0 Å². The summed E-state index contributed by atoms with van der Waals surface area (Å²) >= 11 is 0. The molecule has 1 N–H and O–H groups in total. The average molecular weight is 277 g/mol. The fourth-order valence-electron chi connectivity index (χ4n) is 2.96. The van der Waals surface area contributed by atoms with Crippen molar-refractivity contribution in [2.75, 3.05) is 19.6 Å². The number of hydrogen-bond acceptors (Lipinski definition) is 2. The van der Waals surface area contributed by atoms with Crippen LogP contribution in [0.5, 0.6) is 0 Å². The zero-order valence-electron chi connectivity index (χ0n) is 14.0. The average Bonchev–Trinajstić information content (AvgIpc) is 2.36. The van der Waals surface area contributed by atoms with Crippen LogP contribution in [0, 0.1) is 26.7 Å². The molecule has 1 aromatic carbocycles. The van der Waals surface area contributed by atoms with Crippen molar-refractivity contribution in [3.05, 3.63) is 34.4 Å². The zero-order chi connectivity index (χ0) is 15.3. The second kappa shape index (κ2) is 7.80. The lowest BCUT2D eigenvalue weighted by Gasteiger charge is -2.27. The predicted molar refractivity (Wildman–Crippen MR) is 87.2 cm³/mol. The molecule has 0 saturated heterocycles. The molecule has 2 nitrogen and oxygen atoms in total. The third kappa shape index (κ3) is 4.60. The normalized spacial score (nSPS) is 14.6. The van der Waals surface area contributed by atoms with E-state index in [-0.39, 0.29) is 6.10 Å². The van der Waals surface area contributed by atoms with E-state index in [1.807, 2.05) is 0 Å². The first-order valence-corrected chi connectivity index (χ1v) is 7.87. The van der Waals surface area contributed by atoms with Gasteiger partial charge in [-0.3, -0.25) is 0 Å². The molecule has 0 spiro atoms. The van der Waals surface area contributed by atoms with Crippen molar-refractivity contribution in [1.29, 1.82) is 0 Å². The summed E-state index contributed by atoms with van der Waals surface area (Å²) in [6.45, 7) is 15.8. The Bertz CT molecular complexity index is 404. The SMILES string of the molecule is CCC(C)CN(CC)CC(O)c1c(C)cc(C)cc1C. The van der Waals surface area contributed by atoms with Crippen LogP contribution in [0.3, 0.4) is 0 Å². The molecule has 1 aromatic rings. The molecule has 114 valence electrons.